The standard InChI is InChI=1S/C19H23N5O3/c1-3-4-5-6-10-14-21-15(17(20)25)16-18(22-14)24(19(26)23-16)12-8-7-9-13(11-12)27-2/h7-9,11H,3-6,10H2,1-2H3,(H2,20,25)(H,23,26). The molecule has 1 amide bonds. The van der Waals surface area contributed by atoms with Gasteiger partial charge < -0.3 is 15.5 Å². The molecular weight excluding hydrogens is 346 g/mol. The molecule has 2 heterocycles. The molecule has 3 rings (SSSR count). The highest BCUT2D eigenvalue weighted by molar-refractivity contribution is 6.01. The smallest absolute Gasteiger partial charge is 0.332 e. The predicted molar refractivity (Wildman–Crippen MR) is 102 cm³/mol. The van der Waals surface area contributed by atoms with E-state index in [9.17, 15) is 9.59 Å². The van der Waals surface area contributed by atoms with Gasteiger partial charge in [-0.2, -0.15) is 0 Å². The second-order valence-electron chi connectivity index (χ2n) is 6.33. The van der Waals surface area contributed by atoms with Crippen molar-refractivity contribution in [3.8, 4) is 11.4 Å². The summed E-state index contributed by atoms with van der Waals surface area (Å²) in [6.07, 6.45) is 4.84. The Bertz CT molecular complexity index is 1020. The van der Waals surface area contributed by atoms with E-state index in [4.69, 9.17) is 10.5 Å². The largest absolute Gasteiger partial charge is 0.497 e. The molecule has 8 heteroatoms. The van der Waals surface area contributed by atoms with Gasteiger partial charge in [0.2, 0.25) is 0 Å². The van der Waals surface area contributed by atoms with Crippen LogP contribution in [0.25, 0.3) is 16.9 Å². The quantitative estimate of drug-likeness (QED) is 0.591. The number of aromatic nitrogens is 4. The predicted octanol–water partition coefficient (Wildman–Crippen LogP) is 2.34. The Morgan fingerprint density at radius 2 is 2.07 bits per heavy atom. The van der Waals surface area contributed by atoms with Crippen LogP contribution in [0.15, 0.2) is 29.1 Å². The van der Waals surface area contributed by atoms with Gasteiger partial charge >= 0.3 is 5.69 Å². The lowest BCUT2D eigenvalue weighted by Gasteiger charge is -2.07. The molecule has 0 saturated carbocycles. The summed E-state index contributed by atoms with van der Waals surface area (Å²) in [5.74, 6) is 0.414. The minimum atomic E-state index is -0.698. The Labute approximate surface area is 156 Å². The summed E-state index contributed by atoms with van der Waals surface area (Å²) in [5, 5.41) is 0. The number of benzene rings is 1. The van der Waals surface area contributed by atoms with Gasteiger partial charge in [-0.15, -0.1) is 0 Å². The lowest BCUT2D eigenvalue weighted by molar-refractivity contribution is 0.0996. The number of carbonyl (C=O) groups excluding carboxylic acids is 1. The van der Waals surface area contributed by atoms with Gasteiger partial charge in [0.05, 0.1) is 12.8 Å². The molecule has 0 saturated heterocycles. The van der Waals surface area contributed by atoms with Crippen molar-refractivity contribution in [1.82, 2.24) is 19.5 Å². The Kier molecular flexibility index (Phi) is 5.54. The van der Waals surface area contributed by atoms with Crippen LogP contribution in [0.2, 0.25) is 0 Å². The van der Waals surface area contributed by atoms with Gasteiger partial charge in [-0.25, -0.2) is 19.3 Å². The van der Waals surface area contributed by atoms with Crippen molar-refractivity contribution in [2.75, 3.05) is 7.11 Å². The van der Waals surface area contributed by atoms with Crippen LogP contribution < -0.4 is 16.2 Å². The number of carbonyl (C=O) groups is 1. The van der Waals surface area contributed by atoms with Gasteiger partial charge in [-0.3, -0.25) is 4.79 Å². The number of imidazole rings is 1. The van der Waals surface area contributed by atoms with Crippen LogP contribution in [-0.4, -0.2) is 32.5 Å². The number of hydrogen-bond acceptors (Lipinski definition) is 5. The first-order valence-corrected chi connectivity index (χ1v) is 9.01. The number of aryl methyl sites for hydroxylation is 1. The van der Waals surface area contributed by atoms with Crippen LogP contribution in [0, 0.1) is 0 Å². The summed E-state index contributed by atoms with van der Waals surface area (Å²) in [6.45, 7) is 2.14. The zero-order valence-corrected chi connectivity index (χ0v) is 15.5. The second kappa shape index (κ2) is 8.03. The van der Waals surface area contributed by atoms with Crippen LogP contribution in [0.1, 0.15) is 48.9 Å². The molecule has 8 nitrogen and oxygen atoms in total. The zero-order valence-electron chi connectivity index (χ0n) is 15.5. The monoisotopic (exact) mass is 369 g/mol. The fourth-order valence-corrected chi connectivity index (χ4v) is 3.02. The molecule has 142 valence electrons. The Balaban J connectivity index is 2.13. The molecule has 0 atom stereocenters. The van der Waals surface area contributed by atoms with Gasteiger partial charge in [-0.05, 0) is 18.6 Å². The average Bonchev–Trinajstić information content (AvgIpc) is 3.00. The number of nitrogens with one attached hydrogen (secondary N) is 1. The number of unbranched alkanes of at least 4 members (excludes halogenated alkanes) is 3. The summed E-state index contributed by atoms with van der Waals surface area (Å²) in [4.78, 5) is 35.9. The van der Waals surface area contributed by atoms with Crippen molar-refractivity contribution >= 4 is 17.1 Å². The van der Waals surface area contributed by atoms with Gasteiger partial charge in [-0.1, -0.05) is 32.3 Å². The van der Waals surface area contributed by atoms with E-state index in [1.807, 2.05) is 0 Å². The number of ether oxygens (including phenoxy) is 1. The van der Waals surface area contributed by atoms with Gasteiger partial charge in [0.25, 0.3) is 5.91 Å². The summed E-state index contributed by atoms with van der Waals surface area (Å²) < 4.78 is 6.64. The summed E-state index contributed by atoms with van der Waals surface area (Å²) >= 11 is 0. The second-order valence-corrected chi connectivity index (χ2v) is 6.33. The third-order valence-corrected chi connectivity index (χ3v) is 4.38. The molecule has 0 aliphatic heterocycles. The number of primary amides is 1. The van der Waals surface area contributed by atoms with E-state index in [1.165, 1.54) is 4.57 Å². The van der Waals surface area contributed by atoms with Crippen molar-refractivity contribution in [2.45, 2.75) is 39.0 Å². The van der Waals surface area contributed by atoms with Crippen molar-refractivity contribution < 1.29 is 9.53 Å². The number of nitrogens with zero attached hydrogens (tertiary/aromatic N) is 3. The molecule has 0 fully saturated rings. The SMILES string of the molecule is CCCCCCc1nc(C(N)=O)c2[nH]c(=O)n(-c3cccc(OC)c3)c2n1. The lowest BCUT2D eigenvalue weighted by atomic mass is 10.1. The topological polar surface area (TPSA) is 116 Å². The van der Waals surface area contributed by atoms with Crippen LogP contribution in [0.4, 0.5) is 0 Å². The first-order valence-electron chi connectivity index (χ1n) is 9.01. The van der Waals surface area contributed by atoms with Crippen molar-refractivity contribution in [1.29, 1.82) is 0 Å². The molecule has 0 radical (unpaired) electrons. The molecule has 3 N–H and O–H groups in total. The maximum Gasteiger partial charge on any atom is 0.332 e. The maximum atomic E-state index is 12.6. The van der Waals surface area contributed by atoms with Crippen LogP contribution in [-0.2, 0) is 6.42 Å². The van der Waals surface area contributed by atoms with Crippen LogP contribution in [0.5, 0.6) is 5.75 Å². The molecule has 1 aromatic carbocycles. The number of nitrogens with two attached hydrogens (primary N) is 1. The van der Waals surface area contributed by atoms with E-state index in [0.717, 1.165) is 25.7 Å². The fraction of sp³-hybridized carbons (Fsp3) is 0.368. The molecular formula is C19H23N5O3. The number of aromatic amines is 1. The van der Waals surface area contributed by atoms with E-state index in [2.05, 4.69) is 21.9 Å². The molecule has 3 aromatic rings. The minimum Gasteiger partial charge on any atom is -0.497 e. The lowest BCUT2D eigenvalue weighted by Crippen LogP contribution is -2.16. The van der Waals surface area contributed by atoms with E-state index >= 15 is 0 Å². The molecule has 0 bridgehead atoms. The van der Waals surface area contributed by atoms with E-state index in [1.54, 1.807) is 31.4 Å². The highest BCUT2D eigenvalue weighted by Crippen LogP contribution is 2.20. The molecule has 0 aliphatic carbocycles. The average molecular weight is 369 g/mol. The Hall–Kier alpha value is -3.16. The number of rotatable bonds is 8. The fourth-order valence-electron chi connectivity index (χ4n) is 3.02. The number of H-pyrrole nitrogens is 1. The van der Waals surface area contributed by atoms with E-state index in [0.29, 0.717) is 29.3 Å². The third kappa shape index (κ3) is 3.84. The van der Waals surface area contributed by atoms with Crippen molar-refractivity contribution in [3.63, 3.8) is 0 Å². The number of fused-ring (bicyclic) bond motifs is 1. The third-order valence-electron chi connectivity index (χ3n) is 4.38. The number of methoxy groups -OCH3 is 1. The molecule has 0 spiro atoms. The highest BCUT2D eigenvalue weighted by atomic mass is 16.5. The van der Waals surface area contributed by atoms with E-state index < -0.39 is 11.6 Å². The molecule has 2 aromatic heterocycles. The summed E-state index contributed by atoms with van der Waals surface area (Å²) in [7, 11) is 1.55. The van der Waals surface area contributed by atoms with Gasteiger partial charge in [0.1, 0.15) is 17.1 Å². The maximum absolute atomic E-state index is 12.6. The minimum absolute atomic E-state index is 0.0317. The van der Waals surface area contributed by atoms with Gasteiger partial charge in [0.15, 0.2) is 11.3 Å². The Morgan fingerprint density at radius 1 is 1.26 bits per heavy atom. The first-order chi connectivity index (χ1) is 13.0. The van der Waals surface area contributed by atoms with Crippen LogP contribution >= 0.6 is 0 Å². The van der Waals surface area contributed by atoms with Crippen LogP contribution in [0.3, 0.4) is 0 Å². The normalized spacial score (nSPS) is 11.0. The summed E-state index contributed by atoms with van der Waals surface area (Å²) in [5.41, 5.74) is 6.26. The number of amides is 1. The van der Waals surface area contributed by atoms with Crippen molar-refractivity contribution in [3.05, 3.63) is 46.3 Å². The first kappa shape index (κ1) is 18.6. The number of hydrogen-bond donors (Lipinski definition) is 2. The zero-order chi connectivity index (χ0) is 19.4. The highest BCUT2D eigenvalue weighted by Gasteiger charge is 2.19. The molecule has 27 heavy (non-hydrogen) atoms. The van der Waals surface area contributed by atoms with E-state index in [-0.39, 0.29) is 11.2 Å². The molecule has 0 unspecified atom stereocenters. The van der Waals surface area contributed by atoms with Gasteiger partial charge in [0, 0.05) is 12.5 Å². The molecule has 0 aliphatic rings. The van der Waals surface area contributed by atoms with Crippen molar-refractivity contribution in [2.24, 2.45) is 5.73 Å². The Morgan fingerprint density at radius 3 is 2.78 bits per heavy atom. The summed E-state index contributed by atoms with van der Waals surface area (Å²) in [6, 6.07) is 7.06.